The van der Waals surface area contributed by atoms with E-state index in [0.717, 1.165) is 45.6 Å². The first-order valence-electron chi connectivity index (χ1n) is 8.04. The van der Waals surface area contributed by atoms with E-state index in [1.54, 1.807) is 0 Å². The van der Waals surface area contributed by atoms with Crippen molar-refractivity contribution < 1.29 is 9.47 Å². The molecule has 118 valence electrons. The number of hydrogen-bond acceptors (Lipinski definition) is 4. The predicted octanol–water partition coefficient (Wildman–Crippen LogP) is 1.89. The molecule has 0 saturated carbocycles. The summed E-state index contributed by atoms with van der Waals surface area (Å²) in [6.45, 7) is 10.4. The summed E-state index contributed by atoms with van der Waals surface area (Å²) in [5, 5.41) is 3.74. The first-order valence-corrected chi connectivity index (χ1v) is 8.04. The molecule has 1 spiro atoms. The summed E-state index contributed by atoms with van der Waals surface area (Å²) >= 11 is 0. The van der Waals surface area contributed by atoms with Crippen molar-refractivity contribution in [2.45, 2.75) is 57.2 Å². The van der Waals surface area contributed by atoms with Crippen LogP contribution in [0.4, 0.5) is 0 Å². The van der Waals surface area contributed by atoms with Crippen LogP contribution in [0.15, 0.2) is 0 Å². The lowest BCUT2D eigenvalue weighted by atomic mass is 9.74. The highest BCUT2D eigenvalue weighted by atomic mass is 16.6. The monoisotopic (exact) mass is 284 g/mol. The van der Waals surface area contributed by atoms with Crippen molar-refractivity contribution in [2.75, 3.05) is 40.5 Å². The van der Waals surface area contributed by atoms with Gasteiger partial charge in [-0.2, -0.15) is 0 Å². The van der Waals surface area contributed by atoms with Gasteiger partial charge in [0.15, 0.2) is 0 Å². The van der Waals surface area contributed by atoms with Gasteiger partial charge in [-0.05, 0) is 53.2 Å². The highest BCUT2D eigenvalue weighted by Gasteiger charge is 2.46. The molecule has 2 aliphatic rings. The number of ether oxygens (including phenoxy) is 2. The van der Waals surface area contributed by atoms with Gasteiger partial charge in [-0.1, -0.05) is 6.92 Å². The van der Waals surface area contributed by atoms with Crippen LogP contribution in [0.25, 0.3) is 0 Å². The number of hydrogen-bond donors (Lipinski definition) is 1. The van der Waals surface area contributed by atoms with E-state index in [1.807, 2.05) is 0 Å². The molecule has 0 aliphatic carbocycles. The van der Waals surface area contributed by atoms with Crippen molar-refractivity contribution in [3.05, 3.63) is 0 Å². The second kappa shape index (κ2) is 6.30. The standard InChI is InChI=1S/C16H32N2O2/c1-6-17-14(15(2,3)18(4)5)13-7-9-20-16(11-13)8-10-19-12-16/h13-14,17H,6-12H2,1-5H3. The number of nitrogens with one attached hydrogen (secondary N) is 1. The molecule has 2 rings (SSSR count). The molecule has 2 fully saturated rings. The minimum Gasteiger partial charge on any atom is -0.378 e. The maximum Gasteiger partial charge on any atom is 0.0939 e. The summed E-state index contributed by atoms with van der Waals surface area (Å²) in [6, 6.07) is 0.490. The fourth-order valence-corrected chi connectivity index (χ4v) is 3.70. The summed E-state index contributed by atoms with van der Waals surface area (Å²) in [7, 11) is 4.36. The second-order valence-electron chi connectivity index (χ2n) is 7.17. The molecule has 0 amide bonds. The molecule has 20 heavy (non-hydrogen) atoms. The molecule has 4 nitrogen and oxygen atoms in total. The summed E-state index contributed by atoms with van der Waals surface area (Å²) in [4.78, 5) is 2.34. The Bertz CT molecular complexity index is 312. The summed E-state index contributed by atoms with van der Waals surface area (Å²) in [6.07, 6.45) is 3.34. The van der Waals surface area contributed by atoms with E-state index in [2.05, 4.69) is 45.1 Å². The molecule has 0 aromatic heterocycles. The van der Waals surface area contributed by atoms with Gasteiger partial charge in [-0.15, -0.1) is 0 Å². The lowest BCUT2D eigenvalue weighted by Gasteiger charge is -2.48. The fraction of sp³-hybridized carbons (Fsp3) is 1.00. The third-order valence-corrected chi connectivity index (χ3v) is 5.41. The largest absolute Gasteiger partial charge is 0.378 e. The molecule has 4 heteroatoms. The Labute approximate surface area is 124 Å². The van der Waals surface area contributed by atoms with Crippen LogP contribution in [0.1, 0.15) is 40.0 Å². The van der Waals surface area contributed by atoms with Crippen LogP contribution in [0, 0.1) is 5.92 Å². The Morgan fingerprint density at radius 2 is 2.10 bits per heavy atom. The van der Waals surface area contributed by atoms with Gasteiger partial charge in [0.25, 0.3) is 0 Å². The van der Waals surface area contributed by atoms with Gasteiger partial charge in [0.1, 0.15) is 0 Å². The minimum absolute atomic E-state index is 0.00101. The number of nitrogens with zero attached hydrogens (tertiary/aromatic N) is 1. The first-order chi connectivity index (χ1) is 9.41. The van der Waals surface area contributed by atoms with E-state index in [9.17, 15) is 0 Å². The third-order valence-electron chi connectivity index (χ3n) is 5.41. The Hall–Kier alpha value is -0.160. The maximum atomic E-state index is 6.09. The zero-order valence-electron chi connectivity index (χ0n) is 13.9. The molecule has 3 unspecified atom stereocenters. The van der Waals surface area contributed by atoms with Crippen molar-refractivity contribution in [3.8, 4) is 0 Å². The van der Waals surface area contributed by atoms with Crippen LogP contribution >= 0.6 is 0 Å². The molecule has 2 aliphatic heterocycles. The van der Waals surface area contributed by atoms with Crippen molar-refractivity contribution >= 4 is 0 Å². The molecule has 2 saturated heterocycles. The fourth-order valence-electron chi connectivity index (χ4n) is 3.70. The quantitative estimate of drug-likeness (QED) is 0.836. The van der Waals surface area contributed by atoms with Crippen molar-refractivity contribution in [2.24, 2.45) is 5.92 Å². The molecule has 2 heterocycles. The highest BCUT2D eigenvalue weighted by molar-refractivity contribution is 5.00. The van der Waals surface area contributed by atoms with Crippen LogP contribution in [-0.2, 0) is 9.47 Å². The highest BCUT2D eigenvalue weighted by Crippen LogP contribution is 2.39. The van der Waals surface area contributed by atoms with Gasteiger partial charge in [0.05, 0.1) is 12.2 Å². The van der Waals surface area contributed by atoms with E-state index in [4.69, 9.17) is 9.47 Å². The van der Waals surface area contributed by atoms with Gasteiger partial charge in [0.2, 0.25) is 0 Å². The van der Waals surface area contributed by atoms with Gasteiger partial charge in [0, 0.05) is 31.2 Å². The molecular weight excluding hydrogens is 252 g/mol. The van der Waals surface area contributed by atoms with Gasteiger partial charge in [-0.3, -0.25) is 0 Å². The lowest BCUT2D eigenvalue weighted by molar-refractivity contribution is -0.110. The smallest absolute Gasteiger partial charge is 0.0939 e. The van der Waals surface area contributed by atoms with Crippen molar-refractivity contribution in [1.29, 1.82) is 0 Å². The average molecular weight is 284 g/mol. The van der Waals surface area contributed by atoms with Gasteiger partial charge < -0.3 is 19.7 Å². The zero-order chi connectivity index (χ0) is 14.8. The number of rotatable bonds is 5. The van der Waals surface area contributed by atoms with Crippen LogP contribution in [-0.4, -0.2) is 62.5 Å². The van der Waals surface area contributed by atoms with E-state index >= 15 is 0 Å². The predicted molar refractivity (Wildman–Crippen MR) is 82.1 cm³/mol. The molecule has 3 atom stereocenters. The summed E-state index contributed by atoms with van der Waals surface area (Å²) in [5.41, 5.74) is 0.137. The summed E-state index contributed by atoms with van der Waals surface area (Å²) < 4.78 is 11.7. The van der Waals surface area contributed by atoms with Gasteiger partial charge in [-0.25, -0.2) is 0 Å². The topological polar surface area (TPSA) is 33.7 Å². The van der Waals surface area contributed by atoms with Crippen LogP contribution < -0.4 is 5.32 Å². The normalized spacial score (nSPS) is 33.0. The number of likely N-dealkylation sites (N-methyl/N-ethyl adjacent to an activating group) is 2. The maximum absolute atomic E-state index is 6.09. The lowest BCUT2D eigenvalue weighted by Crippen LogP contribution is -2.60. The average Bonchev–Trinajstić information content (AvgIpc) is 2.83. The van der Waals surface area contributed by atoms with Crippen molar-refractivity contribution in [3.63, 3.8) is 0 Å². The van der Waals surface area contributed by atoms with E-state index < -0.39 is 0 Å². The Morgan fingerprint density at radius 3 is 2.65 bits per heavy atom. The molecule has 0 aromatic carbocycles. The third kappa shape index (κ3) is 3.19. The van der Waals surface area contributed by atoms with E-state index in [0.29, 0.717) is 12.0 Å². The van der Waals surface area contributed by atoms with E-state index in [-0.39, 0.29) is 11.1 Å². The van der Waals surface area contributed by atoms with E-state index in [1.165, 1.54) is 0 Å². The molecule has 0 aromatic rings. The molecule has 1 N–H and O–H groups in total. The van der Waals surface area contributed by atoms with Gasteiger partial charge >= 0.3 is 0 Å². The summed E-state index contributed by atoms with van der Waals surface area (Å²) in [5.74, 6) is 0.655. The van der Waals surface area contributed by atoms with Crippen molar-refractivity contribution in [1.82, 2.24) is 10.2 Å². The molecular formula is C16H32N2O2. The Morgan fingerprint density at radius 1 is 1.35 bits per heavy atom. The SMILES string of the molecule is CCNC(C1CCOC2(CCOC2)C1)C(C)(C)N(C)C. The zero-order valence-corrected chi connectivity index (χ0v) is 13.9. The second-order valence-corrected chi connectivity index (χ2v) is 7.17. The minimum atomic E-state index is -0.00101. The molecule has 0 radical (unpaired) electrons. The van der Waals surface area contributed by atoms with Crippen LogP contribution in [0.3, 0.4) is 0 Å². The van der Waals surface area contributed by atoms with Crippen LogP contribution in [0.5, 0.6) is 0 Å². The molecule has 0 bridgehead atoms. The first kappa shape index (κ1) is 16.2. The Balaban J connectivity index is 2.12. The van der Waals surface area contributed by atoms with Crippen LogP contribution in [0.2, 0.25) is 0 Å². The Kier molecular flexibility index (Phi) is 5.11.